The number of hydrogen-bond donors (Lipinski definition) is 1. The minimum absolute atomic E-state index is 0.558. The van der Waals surface area contributed by atoms with Crippen molar-refractivity contribution in [2.45, 2.75) is 31.1 Å². The summed E-state index contributed by atoms with van der Waals surface area (Å²) >= 11 is 0. The molecule has 2 aromatic heterocycles. The second kappa shape index (κ2) is 6.35. The van der Waals surface area contributed by atoms with Crippen LogP contribution in [0.3, 0.4) is 0 Å². The molecule has 3 aromatic rings. The van der Waals surface area contributed by atoms with Crippen LogP contribution >= 0.6 is 0 Å². The third-order valence-electron chi connectivity index (χ3n) is 4.86. The summed E-state index contributed by atoms with van der Waals surface area (Å²) in [5, 5.41) is 4.39. The molecule has 0 amide bonds. The molecule has 0 spiro atoms. The highest BCUT2D eigenvalue weighted by atomic mass is 32.2. The Bertz CT molecular complexity index is 1050. The maximum absolute atomic E-state index is 11.9. The Hall–Kier alpha value is -2.48. The molecule has 136 valence electrons. The van der Waals surface area contributed by atoms with Gasteiger partial charge in [0.05, 0.1) is 9.73 Å². The molecule has 1 N–H and O–H groups in total. The molecule has 3 heterocycles. The fourth-order valence-corrected chi connectivity index (χ4v) is 4.16. The van der Waals surface area contributed by atoms with Crippen molar-refractivity contribution in [3.63, 3.8) is 0 Å². The Kier molecular flexibility index (Phi) is 4.14. The van der Waals surface area contributed by atoms with Gasteiger partial charge in [-0.1, -0.05) is 12.1 Å². The molecule has 7 nitrogen and oxygen atoms in total. The summed E-state index contributed by atoms with van der Waals surface area (Å²) in [6.45, 7) is 4.04. The van der Waals surface area contributed by atoms with Gasteiger partial charge in [0.1, 0.15) is 12.1 Å². The highest BCUT2D eigenvalue weighted by molar-refractivity contribution is 7.91. The average Bonchev–Trinajstić information content (AvgIpc) is 3.26. The van der Waals surface area contributed by atoms with Gasteiger partial charge in [-0.05, 0) is 37.5 Å². The van der Waals surface area contributed by atoms with Crippen LogP contribution in [0.25, 0.3) is 5.78 Å². The van der Waals surface area contributed by atoms with Crippen LogP contribution in [0.4, 0.5) is 5.82 Å². The number of nitrogens with one attached hydrogen (secondary N) is 1. The fraction of sp³-hybridized carbons (Fsp3) is 0.389. The van der Waals surface area contributed by atoms with Crippen molar-refractivity contribution >= 4 is 21.3 Å². The SMILES string of the molecule is Cc1nc2ncnn2c(N2CCCC2)c1Cc1ccc(S(C)(=N)=O)cc1. The van der Waals surface area contributed by atoms with Gasteiger partial charge in [0.2, 0.25) is 0 Å². The molecule has 0 aliphatic carbocycles. The highest BCUT2D eigenvalue weighted by Gasteiger charge is 2.22. The Morgan fingerprint density at radius 3 is 2.54 bits per heavy atom. The van der Waals surface area contributed by atoms with Gasteiger partial charge in [-0.2, -0.15) is 14.6 Å². The van der Waals surface area contributed by atoms with E-state index in [4.69, 9.17) is 4.78 Å². The van der Waals surface area contributed by atoms with Gasteiger partial charge in [0.25, 0.3) is 5.78 Å². The first-order valence-corrected chi connectivity index (χ1v) is 10.7. The predicted molar refractivity (Wildman–Crippen MR) is 101 cm³/mol. The van der Waals surface area contributed by atoms with Crippen molar-refractivity contribution < 1.29 is 4.21 Å². The van der Waals surface area contributed by atoms with Crippen LogP contribution in [0, 0.1) is 11.7 Å². The molecule has 0 saturated carbocycles. The van der Waals surface area contributed by atoms with Gasteiger partial charge in [-0.15, -0.1) is 0 Å². The van der Waals surface area contributed by atoms with E-state index >= 15 is 0 Å². The van der Waals surface area contributed by atoms with Gasteiger partial charge < -0.3 is 4.90 Å². The van der Waals surface area contributed by atoms with Crippen LogP contribution in [-0.4, -0.2) is 43.1 Å². The second-order valence-corrected chi connectivity index (χ2v) is 8.99. The Labute approximate surface area is 153 Å². The Balaban J connectivity index is 1.78. The first-order valence-electron chi connectivity index (χ1n) is 8.70. The molecule has 0 bridgehead atoms. The van der Waals surface area contributed by atoms with Crippen molar-refractivity contribution in [3.05, 3.63) is 47.4 Å². The highest BCUT2D eigenvalue weighted by Crippen LogP contribution is 2.29. The van der Waals surface area contributed by atoms with Crippen LogP contribution in [0.2, 0.25) is 0 Å². The average molecular weight is 370 g/mol. The largest absolute Gasteiger partial charge is 0.356 e. The van der Waals surface area contributed by atoms with Crippen molar-refractivity contribution in [3.8, 4) is 0 Å². The second-order valence-electron chi connectivity index (χ2n) is 6.83. The number of aromatic nitrogens is 4. The van der Waals surface area contributed by atoms with E-state index in [1.165, 1.54) is 19.1 Å². The zero-order valence-corrected chi connectivity index (χ0v) is 15.8. The third-order valence-corrected chi connectivity index (χ3v) is 6.04. The predicted octanol–water partition coefficient (Wildman–Crippen LogP) is 2.66. The number of aryl methyl sites for hydroxylation is 1. The van der Waals surface area contributed by atoms with Crippen molar-refractivity contribution in [2.75, 3.05) is 24.2 Å². The lowest BCUT2D eigenvalue weighted by atomic mass is 10.0. The smallest absolute Gasteiger partial charge is 0.254 e. The summed E-state index contributed by atoms with van der Waals surface area (Å²) in [5.41, 5.74) is 3.19. The van der Waals surface area contributed by atoms with E-state index in [2.05, 4.69) is 20.0 Å². The van der Waals surface area contributed by atoms with E-state index in [1.54, 1.807) is 18.5 Å². The lowest BCUT2D eigenvalue weighted by Crippen LogP contribution is -2.24. The van der Waals surface area contributed by atoms with Gasteiger partial charge in [-0.3, -0.25) is 0 Å². The molecule has 1 atom stereocenters. The van der Waals surface area contributed by atoms with E-state index in [9.17, 15) is 4.21 Å². The molecule has 1 aliphatic rings. The summed E-state index contributed by atoms with van der Waals surface area (Å²) in [6, 6.07) is 7.48. The normalized spacial score (nSPS) is 16.9. The number of nitrogens with zero attached hydrogens (tertiary/aromatic N) is 5. The van der Waals surface area contributed by atoms with Gasteiger partial charge >= 0.3 is 0 Å². The standard InChI is InChI=1S/C18H22N6OS/c1-13-16(11-14-5-7-15(8-6-14)26(2,19)25)17(23-9-3-4-10-23)24-18(22-13)20-12-21-24/h5-8,12,19H,3-4,9-11H2,1-2H3. The molecular weight excluding hydrogens is 348 g/mol. The van der Waals surface area contributed by atoms with Gasteiger partial charge in [0.15, 0.2) is 0 Å². The third kappa shape index (κ3) is 3.05. The molecule has 4 rings (SSSR count). The summed E-state index contributed by atoms with van der Waals surface area (Å²) in [5.74, 6) is 1.70. The number of anilines is 1. The Morgan fingerprint density at radius 2 is 1.88 bits per heavy atom. The van der Waals surface area contributed by atoms with Crippen LogP contribution in [0.1, 0.15) is 29.7 Å². The van der Waals surface area contributed by atoms with Gasteiger partial charge in [-0.25, -0.2) is 14.0 Å². The molecule has 1 unspecified atom stereocenters. The first kappa shape index (κ1) is 17.0. The molecule has 1 aromatic carbocycles. The molecule has 0 radical (unpaired) electrons. The van der Waals surface area contributed by atoms with Crippen molar-refractivity contribution in [1.82, 2.24) is 19.6 Å². The zero-order chi connectivity index (χ0) is 18.3. The van der Waals surface area contributed by atoms with E-state index in [0.29, 0.717) is 17.1 Å². The van der Waals surface area contributed by atoms with E-state index in [1.807, 2.05) is 23.6 Å². The number of benzene rings is 1. The molecule has 26 heavy (non-hydrogen) atoms. The van der Waals surface area contributed by atoms with Crippen LogP contribution < -0.4 is 4.90 Å². The molecular formula is C18H22N6OS. The quantitative estimate of drug-likeness (QED) is 0.763. The minimum atomic E-state index is -2.69. The van der Waals surface area contributed by atoms with Crippen LogP contribution in [0.15, 0.2) is 35.5 Å². The van der Waals surface area contributed by atoms with Crippen LogP contribution in [0.5, 0.6) is 0 Å². The molecule has 1 saturated heterocycles. The Morgan fingerprint density at radius 1 is 1.19 bits per heavy atom. The lowest BCUT2D eigenvalue weighted by Gasteiger charge is -2.23. The molecule has 8 heteroatoms. The first-order chi connectivity index (χ1) is 12.4. The van der Waals surface area contributed by atoms with E-state index in [0.717, 1.165) is 35.7 Å². The number of fused-ring (bicyclic) bond motifs is 1. The maximum Gasteiger partial charge on any atom is 0.254 e. The monoisotopic (exact) mass is 370 g/mol. The summed E-state index contributed by atoms with van der Waals surface area (Å²) < 4.78 is 21.4. The van der Waals surface area contributed by atoms with Crippen molar-refractivity contribution in [1.29, 1.82) is 4.78 Å². The topological polar surface area (TPSA) is 87.2 Å². The molecule has 1 aliphatic heterocycles. The van der Waals surface area contributed by atoms with E-state index in [-0.39, 0.29) is 0 Å². The number of rotatable bonds is 4. The minimum Gasteiger partial charge on any atom is -0.356 e. The lowest BCUT2D eigenvalue weighted by molar-refractivity contribution is 0.679. The van der Waals surface area contributed by atoms with Gasteiger partial charge in [0, 0.05) is 41.9 Å². The van der Waals surface area contributed by atoms with Crippen molar-refractivity contribution in [2.24, 2.45) is 0 Å². The summed E-state index contributed by atoms with van der Waals surface area (Å²) in [4.78, 5) is 11.8. The van der Waals surface area contributed by atoms with Crippen LogP contribution in [-0.2, 0) is 16.1 Å². The summed E-state index contributed by atoms with van der Waals surface area (Å²) in [7, 11) is -2.69. The molecule has 1 fully saturated rings. The number of hydrogen-bond acceptors (Lipinski definition) is 6. The van der Waals surface area contributed by atoms with E-state index < -0.39 is 9.73 Å². The maximum atomic E-state index is 11.9. The fourth-order valence-electron chi connectivity index (χ4n) is 3.50. The summed E-state index contributed by atoms with van der Waals surface area (Å²) in [6.07, 6.45) is 6.07. The zero-order valence-electron chi connectivity index (χ0n) is 15.0.